The van der Waals surface area contributed by atoms with Crippen LogP contribution in [0, 0.1) is 0 Å². The van der Waals surface area contributed by atoms with Crippen LogP contribution < -0.4 is 0 Å². The smallest absolute Gasteiger partial charge is 0.107 e. The van der Waals surface area contributed by atoms with Gasteiger partial charge in [0, 0.05) is 0 Å². The van der Waals surface area contributed by atoms with Gasteiger partial charge in [0.2, 0.25) is 0 Å². The minimum absolute atomic E-state index is 0.191. The summed E-state index contributed by atoms with van der Waals surface area (Å²) in [5.41, 5.74) is 0.939. The van der Waals surface area contributed by atoms with E-state index in [0.717, 1.165) is 18.4 Å². The summed E-state index contributed by atoms with van der Waals surface area (Å²) in [5, 5.41) is 0. The standard InChI is InChI=1S/C13H20O2/c1-4-10-13(2,3)15-14-11-12-8-6-5-7-9-12/h5-9H,4,10-11H2,1-3H3. The maximum Gasteiger partial charge on any atom is 0.107 e. The first-order valence-electron chi connectivity index (χ1n) is 5.48. The molecule has 0 heterocycles. The Labute approximate surface area is 92.1 Å². The van der Waals surface area contributed by atoms with Crippen LogP contribution in [0.1, 0.15) is 39.2 Å². The average Bonchev–Trinajstić information content (AvgIpc) is 2.19. The normalized spacial score (nSPS) is 11.7. The van der Waals surface area contributed by atoms with E-state index in [-0.39, 0.29) is 5.60 Å². The second-order valence-corrected chi connectivity index (χ2v) is 4.34. The summed E-state index contributed by atoms with van der Waals surface area (Å²) < 4.78 is 0. The van der Waals surface area contributed by atoms with Crippen molar-refractivity contribution in [2.75, 3.05) is 0 Å². The van der Waals surface area contributed by atoms with Gasteiger partial charge in [0.25, 0.3) is 0 Å². The fraction of sp³-hybridized carbons (Fsp3) is 0.538. The Bertz CT molecular complexity index is 267. The third-order valence-electron chi connectivity index (χ3n) is 2.20. The van der Waals surface area contributed by atoms with Crippen molar-refractivity contribution < 1.29 is 9.78 Å². The summed E-state index contributed by atoms with van der Waals surface area (Å²) >= 11 is 0. The highest BCUT2D eigenvalue weighted by atomic mass is 17.2. The topological polar surface area (TPSA) is 18.5 Å². The SMILES string of the molecule is CCCC(C)(C)OOCc1ccccc1. The minimum Gasteiger partial charge on any atom is -0.231 e. The first kappa shape index (κ1) is 12.2. The number of rotatable bonds is 6. The zero-order chi connectivity index (χ0) is 11.1. The van der Waals surface area contributed by atoms with Crippen LogP contribution in [0.5, 0.6) is 0 Å². The number of hydrogen-bond acceptors (Lipinski definition) is 2. The molecule has 0 atom stereocenters. The van der Waals surface area contributed by atoms with Crippen LogP contribution in [0.15, 0.2) is 30.3 Å². The lowest BCUT2D eigenvalue weighted by molar-refractivity contribution is -0.362. The van der Waals surface area contributed by atoms with Gasteiger partial charge in [-0.25, -0.2) is 9.78 Å². The van der Waals surface area contributed by atoms with Gasteiger partial charge in [0.15, 0.2) is 0 Å². The molecule has 0 bridgehead atoms. The van der Waals surface area contributed by atoms with Crippen molar-refractivity contribution in [2.24, 2.45) is 0 Å². The molecule has 0 radical (unpaired) electrons. The largest absolute Gasteiger partial charge is 0.231 e. The Morgan fingerprint density at radius 1 is 1.13 bits per heavy atom. The molecule has 0 fully saturated rings. The first-order chi connectivity index (χ1) is 7.14. The molecule has 84 valence electrons. The summed E-state index contributed by atoms with van der Waals surface area (Å²) in [6, 6.07) is 10.0. The Morgan fingerprint density at radius 3 is 2.40 bits per heavy atom. The minimum atomic E-state index is -0.191. The summed E-state index contributed by atoms with van der Waals surface area (Å²) in [6.07, 6.45) is 2.10. The molecular formula is C13H20O2. The van der Waals surface area contributed by atoms with E-state index < -0.39 is 0 Å². The summed E-state index contributed by atoms with van der Waals surface area (Å²) in [6.45, 7) is 6.74. The zero-order valence-corrected chi connectivity index (χ0v) is 9.82. The lowest BCUT2D eigenvalue weighted by Crippen LogP contribution is -2.24. The number of benzene rings is 1. The molecule has 0 amide bonds. The molecule has 0 aliphatic heterocycles. The molecule has 0 saturated heterocycles. The molecular weight excluding hydrogens is 188 g/mol. The molecule has 0 N–H and O–H groups in total. The quantitative estimate of drug-likeness (QED) is 0.524. The Balaban J connectivity index is 2.27. The average molecular weight is 208 g/mol. The third-order valence-corrected chi connectivity index (χ3v) is 2.20. The molecule has 15 heavy (non-hydrogen) atoms. The lowest BCUT2D eigenvalue weighted by atomic mass is 10.0. The van der Waals surface area contributed by atoms with Crippen LogP contribution in [-0.2, 0) is 16.4 Å². The van der Waals surface area contributed by atoms with Gasteiger partial charge >= 0.3 is 0 Å². The maximum absolute atomic E-state index is 5.37. The zero-order valence-electron chi connectivity index (χ0n) is 9.82. The van der Waals surface area contributed by atoms with Gasteiger partial charge in [-0.15, -0.1) is 0 Å². The lowest BCUT2D eigenvalue weighted by Gasteiger charge is -2.22. The van der Waals surface area contributed by atoms with E-state index in [9.17, 15) is 0 Å². The van der Waals surface area contributed by atoms with Crippen molar-refractivity contribution in [3.63, 3.8) is 0 Å². The molecule has 1 aromatic carbocycles. The van der Waals surface area contributed by atoms with Crippen LogP contribution in [0.25, 0.3) is 0 Å². The summed E-state index contributed by atoms with van der Waals surface area (Å²) in [5.74, 6) is 0. The molecule has 1 aromatic rings. The van der Waals surface area contributed by atoms with E-state index in [4.69, 9.17) is 9.78 Å². The van der Waals surface area contributed by atoms with Crippen LogP contribution in [0.2, 0.25) is 0 Å². The van der Waals surface area contributed by atoms with Crippen LogP contribution in [0.3, 0.4) is 0 Å². The van der Waals surface area contributed by atoms with Gasteiger partial charge in [-0.05, 0) is 25.8 Å². The van der Waals surface area contributed by atoms with Crippen LogP contribution in [-0.4, -0.2) is 5.60 Å². The fourth-order valence-electron chi connectivity index (χ4n) is 1.47. The molecule has 0 spiro atoms. The molecule has 0 saturated carbocycles. The maximum atomic E-state index is 5.37. The van der Waals surface area contributed by atoms with Gasteiger partial charge in [0.05, 0.1) is 5.60 Å². The second kappa shape index (κ2) is 5.89. The van der Waals surface area contributed by atoms with Crippen LogP contribution in [0.4, 0.5) is 0 Å². The van der Waals surface area contributed by atoms with Crippen molar-refractivity contribution in [3.8, 4) is 0 Å². The van der Waals surface area contributed by atoms with Crippen molar-refractivity contribution >= 4 is 0 Å². The van der Waals surface area contributed by atoms with E-state index in [0.29, 0.717) is 6.61 Å². The predicted molar refractivity (Wildman–Crippen MR) is 61.3 cm³/mol. The monoisotopic (exact) mass is 208 g/mol. The Morgan fingerprint density at radius 2 is 1.80 bits per heavy atom. The Kier molecular flexibility index (Phi) is 4.79. The molecule has 0 unspecified atom stereocenters. The van der Waals surface area contributed by atoms with Gasteiger partial charge < -0.3 is 0 Å². The van der Waals surface area contributed by atoms with Gasteiger partial charge in [-0.3, -0.25) is 0 Å². The highest BCUT2D eigenvalue weighted by molar-refractivity contribution is 5.13. The van der Waals surface area contributed by atoms with Crippen molar-refractivity contribution in [1.82, 2.24) is 0 Å². The van der Waals surface area contributed by atoms with E-state index in [1.54, 1.807) is 0 Å². The first-order valence-corrected chi connectivity index (χ1v) is 5.48. The van der Waals surface area contributed by atoms with Gasteiger partial charge in [-0.2, -0.15) is 0 Å². The summed E-state index contributed by atoms with van der Waals surface area (Å²) in [7, 11) is 0. The molecule has 0 aliphatic rings. The molecule has 1 rings (SSSR count). The summed E-state index contributed by atoms with van der Waals surface area (Å²) in [4.78, 5) is 10.6. The van der Waals surface area contributed by atoms with Gasteiger partial charge in [0.1, 0.15) is 6.61 Å². The van der Waals surface area contributed by atoms with E-state index in [1.165, 1.54) is 0 Å². The Hall–Kier alpha value is -0.860. The third kappa shape index (κ3) is 4.96. The number of hydrogen-bond donors (Lipinski definition) is 0. The second-order valence-electron chi connectivity index (χ2n) is 4.34. The van der Waals surface area contributed by atoms with Crippen LogP contribution >= 0.6 is 0 Å². The highest BCUT2D eigenvalue weighted by Crippen LogP contribution is 2.17. The highest BCUT2D eigenvalue weighted by Gasteiger charge is 2.18. The molecule has 0 aromatic heterocycles. The van der Waals surface area contributed by atoms with Crippen molar-refractivity contribution in [1.29, 1.82) is 0 Å². The van der Waals surface area contributed by atoms with Gasteiger partial charge in [-0.1, -0.05) is 43.7 Å². The fourth-order valence-corrected chi connectivity index (χ4v) is 1.47. The molecule has 2 nitrogen and oxygen atoms in total. The van der Waals surface area contributed by atoms with E-state index in [2.05, 4.69) is 6.92 Å². The van der Waals surface area contributed by atoms with E-state index in [1.807, 2.05) is 44.2 Å². The van der Waals surface area contributed by atoms with Crippen molar-refractivity contribution in [2.45, 2.75) is 45.8 Å². The molecule has 2 heteroatoms. The molecule has 0 aliphatic carbocycles. The van der Waals surface area contributed by atoms with E-state index >= 15 is 0 Å². The van der Waals surface area contributed by atoms with Crippen molar-refractivity contribution in [3.05, 3.63) is 35.9 Å². The predicted octanol–water partition coefficient (Wildman–Crippen LogP) is 3.71.